The molecule has 2 rings (SSSR count). The Balaban J connectivity index is 2.15. The molecule has 0 aliphatic carbocycles. The van der Waals surface area contributed by atoms with Gasteiger partial charge in [-0.2, -0.15) is 0 Å². The van der Waals surface area contributed by atoms with Crippen LogP contribution >= 0.6 is 12.2 Å². The Labute approximate surface area is 162 Å². The lowest BCUT2D eigenvalue weighted by atomic mass is 10.1. The van der Waals surface area contributed by atoms with Crippen LogP contribution in [-0.2, 0) is 10.0 Å². The molecule has 2 aromatic carbocycles. The molecule has 0 spiro atoms. The molecule has 0 heterocycles. The maximum absolute atomic E-state index is 12.2. The minimum atomic E-state index is -3.87. The Hall–Kier alpha value is -3.49. The number of hydrogen-bond acceptors (Lipinski definition) is 8. The number of amides is 1. The van der Waals surface area contributed by atoms with Gasteiger partial charge in [0.1, 0.15) is 0 Å². The van der Waals surface area contributed by atoms with Gasteiger partial charge >= 0.3 is 0 Å². The quantitative estimate of drug-likeness (QED) is 0.360. The van der Waals surface area contributed by atoms with Gasteiger partial charge in [-0.1, -0.05) is 0 Å². The number of nitro groups is 2. The molecule has 0 saturated carbocycles. The van der Waals surface area contributed by atoms with E-state index in [0.717, 1.165) is 18.2 Å². The highest BCUT2D eigenvalue weighted by atomic mass is 32.2. The predicted molar refractivity (Wildman–Crippen MR) is 101 cm³/mol. The molecule has 0 aliphatic rings. The van der Waals surface area contributed by atoms with E-state index in [-0.39, 0.29) is 15.6 Å². The van der Waals surface area contributed by atoms with Crippen LogP contribution in [-0.4, -0.2) is 29.3 Å². The monoisotopic (exact) mass is 425 g/mol. The fraction of sp³-hybridized carbons (Fsp3) is 0. The Morgan fingerprint density at radius 3 is 1.93 bits per heavy atom. The van der Waals surface area contributed by atoms with E-state index in [0.29, 0.717) is 5.69 Å². The Morgan fingerprint density at radius 1 is 1.00 bits per heavy atom. The summed E-state index contributed by atoms with van der Waals surface area (Å²) < 4.78 is 22.4. The van der Waals surface area contributed by atoms with Gasteiger partial charge in [0.15, 0.2) is 5.11 Å². The second-order valence-corrected chi connectivity index (χ2v) is 7.20. The van der Waals surface area contributed by atoms with Crippen LogP contribution in [0.2, 0.25) is 0 Å². The molecule has 0 fully saturated rings. The number of nitrogens with two attached hydrogens (primary N) is 1. The van der Waals surface area contributed by atoms with Crippen molar-refractivity contribution in [1.82, 2.24) is 5.32 Å². The van der Waals surface area contributed by atoms with Gasteiger partial charge in [0.2, 0.25) is 10.0 Å². The molecule has 12 nitrogen and oxygen atoms in total. The van der Waals surface area contributed by atoms with Crippen molar-refractivity contribution in [3.05, 3.63) is 68.3 Å². The summed E-state index contributed by atoms with van der Waals surface area (Å²) in [4.78, 5) is 32.1. The van der Waals surface area contributed by atoms with Gasteiger partial charge in [-0.15, -0.1) is 0 Å². The molecule has 0 radical (unpaired) electrons. The van der Waals surface area contributed by atoms with Gasteiger partial charge in [-0.3, -0.25) is 30.3 Å². The lowest BCUT2D eigenvalue weighted by Gasteiger charge is -2.10. The summed E-state index contributed by atoms with van der Waals surface area (Å²) in [6.07, 6.45) is 0. The lowest BCUT2D eigenvalue weighted by Crippen LogP contribution is -2.34. The molecule has 0 saturated heterocycles. The minimum Gasteiger partial charge on any atom is -0.332 e. The summed E-state index contributed by atoms with van der Waals surface area (Å²) in [6.45, 7) is 0. The lowest BCUT2D eigenvalue weighted by molar-refractivity contribution is -0.394. The molecular weight excluding hydrogens is 414 g/mol. The molecule has 2 aromatic rings. The van der Waals surface area contributed by atoms with E-state index in [2.05, 4.69) is 10.6 Å². The standard InChI is InChI=1S/C14H11N5O7S2/c15-28(25,26)12-3-1-9(2-4-12)16-14(27)17-13(20)8-5-10(18(21)22)7-11(6-8)19(23)24/h1-7H,(H2,15,25,26)(H2,16,17,20,27). The SMILES string of the molecule is NS(=O)(=O)c1ccc(NC(=S)NC(=O)c2cc([N+](=O)[O-])cc([N+](=O)[O-])c2)cc1. The molecule has 28 heavy (non-hydrogen) atoms. The van der Waals surface area contributed by atoms with Crippen molar-refractivity contribution >= 4 is 50.3 Å². The first-order valence-electron chi connectivity index (χ1n) is 7.16. The molecule has 0 bridgehead atoms. The number of nitrogens with one attached hydrogen (secondary N) is 2. The molecule has 14 heteroatoms. The van der Waals surface area contributed by atoms with Gasteiger partial charge in [-0.25, -0.2) is 13.6 Å². The predicted octanol–water partition coefficient (Wildman–Crippen LogP) is 1.28. The average Bonchev–Trinajstić information content (AvgIpc) is 2.60. The van der Waals surface area contributed by atoms with Crippen LogP contribution in [0.4, 0.5) is 17.1 Å². The number of primary sulfonamides is 1. The topological polar surface area (TPSA) is 188 Å². The highest BCUT2D eigenvalue weighted by molar-refractivity contribution is 7.89. The first-order chi connectivity index (χ1) is 13.0. The number of carbonyl (C=O) groups is 1. The number of benzene rings is 2. The average molecular weight is 425 g/mol. The van der Waals surface area contributed by atoms with Crippen LogP contribution in [0.1, 0.15) is 10.4 Å². The van der Waals surface area contributed by atoms with Crippen LogP contribution in [0.25, 0.3) is 0 Å². The minimum absolute atomic E-state index is 0.128. The molecule has 0 aliphatic heterocycles. The molecule has 4 N–H and O–H groups in total. The molecule has 146 valence electrons. The van der Waals surface area contributed by atoms with E-state index in [1.165, 1.54) is 24.3 Å². The molecule has 0 atom stereocenters. The zero-order valence-corrected chi connectivity index (χ0v) is 15.3. The first-order valence-corrected chi connectivity index (χ1v) is 9.12. The second-order valence-electron chi connectivity index (χ2n) is 5.23. The molecule has 0 unspecified atom stereocenters. The van der Waals surface area contributed by atoms with E-state index >= 15 is 0 Å². The van der Waals surface area contributed by atoms with Crippen LogP contribution in [0.15, 0.2) is 47.4 Å². The third kappa shape index (κ3) is 5.26. The van der Waals surface area contributed by atoms with Gasteiger partial charge in [-0.05, 0) is 36.5 Å². The van der Waals surface area contributed by atoms with E-state index in [4.69, 9.17) is 17.4 Å². The molecule has 0 aromatic heterocycles. The number of nitro benzene ring substituents is 2. The Morgan fingerprint density at radius 2 is 1.50 bits per heavy atom. The van der Waals surface area contributed by atoms with E-state index < -0.39 is 37.2 Å². The number of hydrogen-bond donors (Lipinski definition) is 3. The van der Waals surface area contributed by atoms with Gasteiger partial charge < -0.3 is 5.32 Å². The van der Waals surface area contributed by atoms with Gasteiger partial charge in [0.25, 0.3) is 17.3 Å². The largest absolute Gasteiger partial charge is 0.332 e. The summed E-state index contributed by atoms with van der Waals surface area (Å²) in [5.41, 5.74) is -1.27. The first kappa shape index (κ1) is 20.8. The fourth-order valence-corrected chi connectivity index (χ4v) is 2.73. The van der Waals surface area contributed by atoms with Crippen molar-refractivity contribution in [3.8, 4) is 0 Å². The summed E-state index contributed by atoms with van der Waals surface area (Å²) in [7, 11) is -3.87. The molecule has 1 amide bonds. The summed E-state index contributed by atoms with van der Waals surface area (Å²) >= 11 is 4.93. The van der Waals surface area contributed by atoms with Crippen LogP contribution < -0.4 is 15.8 Å². The number of thiocarbonyl (C=S) groups is 1. The maximum Gasteiger partial charge on any atom is 0.277 e. The van der Waals surface area contributed by atoms with Crippen molar-refractivity contribution in [3.63, 3.8) is 0 Å². The number of carbonyl (C=O) groups excluding carboxylic acids is 1. The van der Waals surface area contributed by atoms with Crippen molar-refractivity contribution in [2.24, 2.45) is 5.14 Å². The fourth-order valence-electron chi connectivity index (χ4n) is 2.00. The van der Waals surface area contributed by atoms with Gasteiger partial charge in [0, 0.05) is 17.8 Å². The van der Waals surface area contributed by atoms with Crippen molar-refractivity contribution < 1.29 is 23.1 Å². The number of rotatable bonds is 5. The Bertz CT molecular complexity index is 1050. The number of sulfonamides is 1. The van der Waals surface area contributed by atoms with Crippen LogP contribution in [0.5, 0.6) is 0 Å². The van der Waals surface area contributed by atoms with Gasteiger partial charge in [0.05, 0.1) is 26.4 Å². The number of non-ortho nitro benzene ring substituents is 2. The zero-order valence-electron chi connectivity index (χ0n) is 13.7. The third-order valence-electron chi connectivity index (χ3n) is 3.25. The van der Waals surface area contributed by atoms with Crippen LogP contribution in [0.3, 0.4) is 0 Å². The normalized spacial score (nSPS) is 10.8. The Kier molecular flexibility index (Phi) is 5.97. The van der Waals surface area contributed by atoms with Crippen molar-refractivity contribution in [2.75, 3.05) is 5.32 Å². The number of nitrogens with zero attached hydrogens (tertiary/aromatic N) is 2. The van der Waals surface area contributed by atoms with E-state index in [1.54, 1.807) is 0 Å². The van der Waals surface area contributed by atoms with Crippen molar-refractivity contribution in [1.29, 1.82) is 0 Å². The number of anilines is 1. The van der Waals surface area contributed by atoms with E-state index in [9.17, 15) is 33.4 Å². The van der Waals surface area contributed by atoms with Crippen LogP contribution in [0, 0.1) is 20.2 Å². The zero-order chi connectivity index (χ0) is 21.1. The molecular formula is C14H11N5O7S2. The highest BCUT2D eigenvalue weighted by Gasteiger charge is 2.20. The highest BCUT2D eigenvalue weighted by Crippen LogP contribution is 2.22. The summed E-state index contributed by atoms with van der Waals surface area (Å²) in [5.74, 6) is -0.912. The second kappa shape index (κ2) is 8.03. The van der Waals surface area contributed by atoms with Crippen molar-refractivity contribution in [2.45, 2.75) is 4.90 Å². The smallest absolute Gasteiger partial charge is 0.277 e. The summed E-state index contributed by atoms with van der Waals surface area (Å²) in [6, 6.07) is 7.57. The maximum atomic E-state index is 12.2. The third-order valence-corrected chi connectivity index (χ3v) is 4.39. The van der Waals surface area contributed by atoms with E-state index in [1.807, 2.05) is 0 Å². The summed E-state index contributed by atoms with van der Waals surface area (Å²) in [5, 5.41) is 31.3.